The highest BCUT2D eigenvalue weighted by Gasteiger charge is 2.19. The van der Waals surface area contributed by atoms with E-state index in [0.29, 0.717) is 6.04 Å². The molecule has 0 aliphatic carbocycles. The number of hydrogen-bond donors (Lipinski definition) is 1. The number of hydrogen-bond acceptors (Lipinski definition) is 3. The van der Waals surface area contributed by atoms with E-state index in [9.17, 15) is 0 Å². The Labute approximate surface area is 120 Å². The van der Waals surface area contributed by atoms with Crippen LogP contribution in [0.15, 0.2) is 12.5 Å². The summed E-state index contributed by atoms with van der Waals surface area (Å²) in [6, 6.07) is 0.320. The summed E-state index contributed by atoms with van der Waals surface area (Å²) in [6.07, 6.45) is 6.79. The van der Waals surface area contributed by atoms with Crippen molar-refractivity contribution in [3.05, 3.63) is 18.3 Å². The van der Waals surface area contributed by atoms with E-state index >= 15 is 0 Å². The average Bonchev–Trinajstić information content (AvgIpc) is 2.95. The molecular formula is C15H25N5. The Morgan fingerprint density at radius 2 is 2.00 bits per heavy atom. The zero-order chi connectivity index (χ0) is 14.7. The second-order valence-electron chi connectivity index (χ2n) is 5.45. The van der Waals surface area contributed by atoms with Crippen LogP contribution in [0.1, 0.15) is 52.4 Å². The van der Waals surface area contributed by atoms with Crippen molar-refractivity contribution >= 4 is 5.82 Å². The smallest absolute Gasteiger partial charge is 0.133 e. The van der Waals surface area contributed by atoms with Gasteiger partial charge in [0.15, 0.2) is 0 Å². The number of aromatic nitrogens is 4. The van der Waals surface area contributed by atoms with Crippen molar-refractivity contribution in [3.63, 3.8) is 0 Å². The van der Waals surface area contributed by atoms with E-state index in [0.717, 1.165) is 48.8 Å². The third-order valence-electron chi connectivity index (χ3n) is 3.43. The fourth-order valence-electron chi connectivity index (χ4n) is 2.60. The van der Waals surface area contributed by atoms with Crippen molar-refractivity contribution in [2.75, 3.05) is 5.73 Å². The minimum Gasteiger partial charge on any atom is -0.383 e. The molecule has 0 spiro atoms. The highest BCUT2D eigenvalue weighted by atomic mass is 15.2. The van der Waals surface area contributed by atoms with Crippen LogP contribution in [0.5, 0.6) is 0 Å². The SMILES string of the molecule is CCCc1nc(-c2cncn2CCC)c(N)n1C(C)C. The molecule has 0 atom stereocenters. The van der Waals surface area contributed by atoms with Gasteiger partial charge in [0.05, 0.1) is 18.2 Å². The Kier molecular flexibility index (Phi) is 4.47. The third kappa shape index (κ3) is 2.57. The van der Waals surface area contributed by atoms with Crippen LogP contribution >= 0.6 is 0 Å². The fraction of sp³-hybridized carbons (Fsp3) is 0.600. The Balaban J connectivity index is 2.51. The molecule has 0 amide bonds. The number of anilines is 1. The molecule has 110 valence electrons. The standard InChI is InChI=1S/C15H25N5/c1-5-7-13-18-14(15(16)20(13)11(3)4)12-9-17-10-19(12)8-6-2/h9-11H,5-8,16H2,1-4H3. The first-order valence-electron chi connectivity index (χ1n) is 7.47. The molecule has 0 aliphatic heterocycles. The summed E-state index contributed by atoms with van der Waals surface area (Å²) in [5, 5.41) is 0. The van der Waals surface area contributed by atoms with Gasteiger partial charge in [0, 0.05) is 19.0 Å². The van der Waals surface area contributed by atoms with E-state index in [4.69, 9.17) is 10.7 Å². The topological polar surface area (TPSA) is 61.7 Å². The first kappa shape index (κ1) is 14.6. The molecule has 20 heavy (non-hydrogen) atoms. The number of aryl methyl sites for hydroxylation is 2. The quantitative estimate of drug-likeness (QED) is 0.880. The first-order chi connectivity index (χ1) is 9.60. The molecule has 5 heteroatoms. The van der Waals surface area contributed by atoms with E-state index in [-0.39, 0.29) is 0 Å². The maximum Gasteiger partial charge on any atom is 0.133 e. The summed E-state index contributed by atoms with van der Waals surface area (Å²) in [5.74, 6) is 1.82. The minimum absolute atomic E-state index is 0.320. The van der Waals surface area contributed by atoms with Gasteiger partial charge in [-0.2, -0.15) is 0 Å². The lowest BCUT2D eigenvalue weighted by molar-refractivity contribution is 0.571. The molecule has 0 aliphatic rings. The second kappa shape index (κ2) is 6.11. The van der Waals surface area contributed by atoms with Gasteiger partial charge < -0.3 is 14.9 Å². The van der Waals surface area contributed by atoms with E-state index in [1.54, 1.807) is 0 Å². The molecule has 2 aromatic heterocycles. The highest BCUT2D eigenvalue weighted by Crippen LogP contribution is 2.29. The monoisotopic (exact) mass is 275 g/mol. The Morgan fingerprint density at radius 1 is 1.25 bits per heavy atom. The van der Waals surface area contributed by atoms with Crippen LogP contribution in [-0.2, 0) is 13.0 Å². The lowest BCUT2D eigenvalue weighted by atomic mass is 10.3. The van der Waals surface area contributed by atoms with Gasteiger partial charge in [-0.1, -0.05) is 13.8 Å². The molecule has 5 nitrogen and oxygen atoms in total. The van der Waals surface area contributed by atoms with Gasteiger partial charge in [-0.3, -0.25) is 0 Å². The molecule has 0 radical (unpaired) electrons. The van der Waals surface area contributed by atoms with Gasteiger partial charge in [0.25, 0.3) is 0 Å². The van der Waals surface area contributed by atoms with E-state index in [1.807, 2.05) is 12.5 Å². The van der Waals surface area contributed by atoms with Gasteiger partial charge in [-0.25, -0.2) is 9.97 Å². The summed E-state index contributed by atoms with van der Waals surface area (Å²) >= 11 is 0. The summed E-state index contributed by atoms with van der Waals surface area (Å²) in [6.45, 7) is 9.54. The van der Waals surface area contributed by atoms with Crippen molar-refractivity contribution in [3.8, 4) is 11.4 Å². The number of imidazole rings is 2. The summed E-state index contributed by atoms with van der Waals surface area (Å²) in [4.78, 5) is 9.03. The largest absolute Gasteiger partial charge is 0.383 e. The molecule has 0 saturated heterocycles. The van der Waals surface area contributed by atoms with Crippen LogP contribution in [-0.4, -0.2) is 19.1 Å². The van der Waals surface area contributed by atoms with Crippen LogP contribution in [0.2, 0.25) is 0 Å². The maximum atomic E-state index is 6.35. The van der Waals surface area contributed by atoms with Gasteiger partial charge in [-0.05, 0) is 26.7 Å². The number of nitrogens with two attached hydrogens (primary N) is 1. The minimum atomic E-state index is 0.320. The number of nitrogens with zero attached hydrogens (tertiary/aromatic N) is 4. The predicted octanol–water partition coefficient (Wildman–Crippen LogP) is 3.27. The molecule has 0 bridgehead atoms. The normalized spacial score (nSPS) is 11.4. The Bertz CT molecular complexity index is 565. The highest BCUT2D eigenvalue weighted by molar-refractivity contribution is 5.68. The second-order valence-corrected chi connectivity index (χ2v) is 5.45. The Hall–Kier alpha value is -1.78. The van der Waals surface area contributed by atoms with E-state index < -0.39 is 0 Å². The summed E-state index contributed by atoms with van der Waals surface area (Å²) in [5.41, 5.74) is 8.23. The van der Waals surface area contributed by atoms with Crippen LogP contribution < -0.4 is 5.73 Å². The lowest BCUT2D eigenvalue weighted by Crippen LogP contribution is -2.09. The van der Waals surface area contributed by atoms with Crippen molar-refractivity contribution < 1.29 is 0 Å². The average molecular weight is 275 g/mol. The van der Waals surface area contributed by atoms with Crippen molar-refractivity contribution in [2.24, 2.45) is 0 Å². The predicted molar refractivity (Wildman–Crippen MR) is 82.5 cm³/mol. The Morgan fingerprint density at radius 3 is 2.60 bits per heavy atom. The van der Waals surface area contributed by atoms with Gasteiger partial charge >= 0.3 is 0 Å². The molecule has 2 N–H and O–H groups in total. The van der Waals surface area contributed by atoms with Crippen molar-refractivity contribution in [1.29, 1.82) is 0 Å². The van der Waals surface area contributed by atoms with Gasteiger partial charge in [0.2, 0.25) is 0 Å². The summed E-state index contributed by atoms with van der Waals surface area (Å²) in [7, 11) is 0. The molecule has 2 heterocycles. The zero-order valence-electron chi connectivity index (χ0n) is 12.9. The van der Waals surface area contributed by atoms with E-state index in [1.165, 1.54) is 0 Å². The van der Waals surface area contributed by atoms with Crippen LogP contribution in [0.25, 0.3) is 11.4 Å². The summed E-state index contributed by atoms with van der Waals surface area (Å²) < 4.78 is 4.27. The molecular weight excluding hydrogens is 250 g/mol. The van der Waals surface area contributed by atoms with Crippen molar-refractivity contribution in [2.45, 2.75) is 59.5 Å². The fourth-order valence-corrected chi connectivity index (χ4v) is 2.60. The number of rotatable bonds is 6. The van der Waals surface area contributed by atoms with Gasteiger partial charge in [-0.15, -0.1) is 0 Å². The van der Waals surface area contributed by atoms with Crippen LogP contribution in [0.3, 0.4) is 0 Å². The molecule has 0 saturated carbocycles. The third-order valence-corrected chi connectivity index (χ3v) is 3.43. The molecule has 0 fully saturated rings. The van der Waals surface area contributed by atoms with Crippen LogP contribution in [0, 0.1) is 0 Å². The molecule has 0 unspecified atom stereocenters. The van der Waals surface area contributed by atoms with Crippen molar-refractivity contribution in [1.82, 2.24) is 19.1 Å². The van der Waals surface area contributed by atoms with Gasteiger partial charge in [0.1, 0.15) is 17.3 Å². The molecule has 2 rings (SSSR count). The lowest BCUT2D eigenvalue weighted by Gasteiger charge is -2.13. The number of nitrogen functional groups attached to an aromatic ring is 1. The molecule has 0 aromatic carbocycles. The zero-order valence-corrected chi connectivity index (χ0v) is 12.9. The molecule has 2 aromatic rings. The van der Waals surface area contributed by atoms with E-state index in [2.05, 4.69) is 41.8 Å². The first-order valence-corrected chi connectivity index (χ1v) is 7.47. The van der Waals surface area contributed by atoms with Crippen LogP contribution in [0.4, 0.5) is 5.82 Å². The maximum absolute atomic E-state index is 6.35.